The van der Waals surface area contributed by atoms with Gasteiger partial charge in [0.25, 0.3) is 0 Å². The summed E-state index contributed by atoms with van der Waals surface area (Å²) in [5.74, 6) is -0.492. The van der Waals surface area contributed by atoms with Gasteiger partial charge < -0.3 is 143 Å². The molecule has 4 saturated carbocycles. The molecule has 0 aromatic heterocycles. The number of rotatable bonds is 15. The van der Waals surface area contributed by atoms with Crippen LogP contribution >= 0.6 is 0 Å². The molecule has 38 atom stereocenters. The Labute approximate surface area is 508 Å². The Balaban J connectivity index is 0.803. The average Bonchev–Trinajstić information content (AvgIpc) is 1.50. The zero-order valence-corrected chi connectivity index (χ0v) is 50.0. The largest absolute Gasteiger partial charge is 0.457 e. The third kappa shape index (κ3) is 11.9. The Morgan fingerprint density at radius 3 is 1.72 bits per heavy atom. The number of carbonyl (C=O) groups is 1. The molecule has 30 nitrogen and oxygen atoms in total. The molecule has 7 heterocycles. The van der Waals surface area contributed by atoms with Crippen LogP contribution in [0.3, 0.4) is 0 Å². The van der Waals surface area contributed by atoms with Crippen molar-refractivity contribution in [2.75, 3.05) is 39.6 Å². The molecule has 11 rings (SSSR count). The fraction of sp³-hybridized carbons (Fsp3) is 0.983. The third-order valence-electron chi connectivity index (χ3n) is 22.5. The van der Waals surface area contributed by atoms with Gasteiger partial charge in [0.15, 0.2) is 43.3 Å². The van der Waals surface area contributed by atoms with Crippen molar-refractivity contribution in [2.45, 2.75) is 264 Å². The van der Waals surface area contributed by atoms with E-state index in [1.165, 1.54) is 0 Å². The van der Waals surface area contributed by atoms with Gasteiger partial charge in [-0.3, -0.25) is 4.79 Å². The van der Waals surface area contributed by atoms with E-state index >= 15 is 0 Å². The Morgan fingerprint density at radius 1 is 0.500 bits per heavy atom. The van der Waals surface area contributed by atoms with Gasteiger partial charge in [0, 0.05) is 25.2 Å². The van der Waals surface area contributed by atoms with Crippen molar-refractivity contribution >= 4 is 5.97 Å². The number of hydrogen-bond acceptors (Lipinski definition) is 30. The van der Waals surface area contributed by atoms with E-state index < -0.39 is 211 Å². The number of hydrogen-bond donors (Lipinski definition) is 16. The van der Waals surface area contributed by atoms with Gasteiger partial charge in [0.1, 0.15) is 110 Å². The van der Waals surface area contributed by atoms with Gasteiger partial charge in [0.05, 0.1) is 64.1 Å². The van der Waals surface area contributed by atoms with Crippen molar-refractivity contribution in [3.63, 3.8) is 0 Å². The van der Waals surface area contributed by atoms with Crippen molar-refractivity contribution < 1.29 is 148 Å². The van der Waals surface area contributed by atoms with E-state index in [9.17, 15) is 86.5 Å². The molecule has 0 radical (unpaired) electrons. The molecule has 0 amide bonds. The molecule has 4 aliphatic carbocycles. The second-order valence-corrected chi connectivity index (χ2v) is 27.5. The highest BCUT2D eigenvalue weighted by Gasteiger charge is 2.73. The lowest BCUT2D eigenvalue weighted by Gasteiger charge is -2.62. The molecule has 1 spiro atoms. The Kier molecular flexibility index (Phi) is 20.4. The molecular weight excluding hydrogens is 1180 g/mol. The zero-order valence-electron chi connectivity index (χ0n) is 50.0. The minimum Gasteiger partial charge on any atom is -0.457 e. The van der Waals surface area contributed by atoms with Crippen LogP contribution in [0.5, 0.6) is 0 Å². The highest BCUT2D eigenvalue weighted by molar-refractivity contribution is 5.66. The van der Waals surface area contributed by atoms with Crippen LogP contribution in [0.4, 0.5) is 0 Å². The molecule has 506 valence electrons. The Bertz CT molecular complexity index is 2340. The van der Waals surface area contributed by atoms with E-state index in [2.05, 4.69) is 27.7 Å². The van der Waals surface area contributed by atoms with Crippen molar-refractivity contribution in [3.05, 3.63) is 0 Å². The molecule has 11 aliphatic rings. The summed E-state index contributed by atoms with van der Waals surface area (Å²) >= 11 is 0. The minimum atomic E-state index is -2.23. The van der Waals surface area contributed by atoms with Crippen LogP contribution in [0.25, 0.3) is 0 Å². The number of fused-ring (bicyclic) bond motifs is 7. The fourth-order valence-corrected chi connectivity index (χ4v) is 17.7. The van der Waals surface area contributed by atoms with Gasteiger partial charge >= 0.3 is 5.97 Å². The number of carbonyl (C=O) groups excluding carboxylic acids is 1. The standard InChI is InChI=1S/C58H94O30/c1-20-8-11-58(77-18-20)21(2)33-47(88-58)39(69)34-24-7-6-23-12-27(26(64)13-57(23,5)25(24)9-10-56(33,34)4)79-52-44(74)41(71)46(31(17-62)83-52)84-55-50(49(38(68)30(16-61)82-55)86-51-42(72)36(66)32(19-76-51)78-22(3)63)87-54-45(75)48(37(67)29(15-60)81-54)85-53-43(73)40(70)35(65)28(14-59)80-53/h20-21,23-55,59-62,64-75H,6-19H2,1-5H3/t20-,21+,23+,24-,25+,26-,27-,28-,29-,30-,31-,32-,33+,34-,35-,36+,37+,38-,39+,40+,41-,42-,43-,44-,45-,46+,47-,48+,49+,50-,51+,52-,53+,54+,55+,56-,57+,58-/m1/s1. The summed E-state index contributed by atoms with van der Waals surface area (Å²) in [6.07, 6.45) is -42.8. The van der Waals surface area contributed by atoms with Crippen molar-refractivity contribution in [1.82, 2.24) is 0 Å². The predicted molar refractivity (Wildman–Crippen MR) is 287 cm³/mol. The highest BCUT2D eigenvalue weighted by atomic mass is 16.8. The summed E-state index contributed by atoms with van der Waals surface area (Å²) in [5, 5.41) is 179. The second kappa shape index (κ2) is 26.5. The van der Waals surface area contributed by atoms with E-state index in [4.69, 9.17) is 61.6 Å². The first-order chi connectivity index (χ1) is 41.7. The lowest BCUT2D eigenvalue weighted by molar-refractivity contribution is -0.410. The summed E-state index contributed by atoms with van der Waals surface area (Å²) in [5.41, 5.74) is -0.547. The fourth-order valence-electron chi connectivity index (χ4n) is 17.7. The molecule has 0 bridgehead atoms. The molecule has 0 aromatic carbocycles. The van der Waals surface area contributed by atoms with E-state index in [1.54, 1.807) is 0 Å². The van der Waals surface area contributed by atoms with Gasteiger partial charge in [-0.1, -0.05) is 27.7 Å². The van der Waals surface area contributed by atoms with Crippen LogP contribution in [-0.4, -0.2) is 305 Å². The Hall–Kier alpha value is -1.65. The molecule has 88 heavy (non-hydrogen) atoms. The molecule has 7 aliphatic heterocycles. The van der Waals surface area contributed by atoms with Gasteiger partial charge in [-0.25, -0.2) is 0 Å². The van der Waals surface area contributed by atoms with Crippen LogP contribution in [0.2, 0.25) is 0 Å². The molecule has 16 N–H and O–H groups in total. The van der Waals surface area contributed by atoms with Crippen molar-refractivity contribution in [2.24, 2.45) is 52.3 Å². The van der Waals surface area contributed by atoms with Gasteiger partial charge in [-0.15, -0.1) is 0 Å². The number of aliphatic hydroxyl groups is 16. The second-order valence-electron chi connectivity index (χ2n) is 27.5. The van der Waals surface area contributed by atoms with Crippen LogP contribution in [0.15, 0.2) is 0 Å². The first kappa shape index (κ1) is 67.8. The molecular formula is C58H94O30. The first-order valence-electron chi connectivity index (χ1n) is 31.3. The maximum atomic E-state index is 12.3. The lowest BCUT2D eigenvalue weighted by Crippen LogP contribution is -2.69. The summed E-state index contributed by atoms with van der Waals surface area (Å²) < 4.78 is 78.3. The molecule has 11 fully saturated rings. The monoisotopic (exact) mass is 1270 g/mol. The maximum absolute atomic E-state index is 12.3. The lowest BCUT2D eigenvalue weighted by atomic mass is 9.44. The predicted octanol–water partition coefficient (Wildman–Crippen LogP) is -5.93. The van der Waals surface area contributed by atoms with E-state index in [-0.39, 0.29) is 52.4 Å². The van der Waals surface area contributed by atoms with Crippen LogP contribution < -0.4 is 0 Å². The SMILES string of the molecule is CC(=O)O[C@@H]1CO[C@@H](O[C@H]2[C@H](O)[C@@H](CO)O[C@@H](O[C@@H]3[C@H](O)[C@@H](O)[C@H](O[C@@H]4C[C@@H]5CC[C@H]6[C@@H]7[C@H](O)[C@@H]8O[C@]9(CC[C@@H](C)CO9)[C@@H](C)[C@@H]8[C@@]7(C)CC[C@@H]6[C@@]5(C)C[C@H]4O)O[C@@H]3CO)[C@@H]2O[C@@H]2O[C@H](CO)[C@H](O)[C@H](O[C@@H]3O[C@H](CO)[C@@H](O)[C@H](O)[C@H]3O)[C@H]2O)[C@H](O)[C@H]1O. The molecule has 30 heteroatoms. The van der Waals surface area contributed by atoms with E-state index in [0.29, 0.717) is 25.4 Å². The van der Waals surface area contributed by atoms with E-state index in [1.807, 2.05) is 0 Å². The summed E-state index contributed by atoms with van der Waals surface area (Å²) in [6, 6.07) is 0. The number of ether oxygens (including phenoxy) is 13. The van der Waals surface area contributed by atoms with Gasteiger partial charge in [-0.05, 0) is 85.4 Å². The van der Waals surface area contributed by atoms with Crippen LogP contribution in [0.1, 0.15) is 86.0 Å². The molecule has 0 unspecified atom stereocenters. The van der Waals surface area contributed by atoms with Crippen molar-refractivity contribution in [3.8, 4) is 0 Å². The third-order valence-corrected chi connectivity index (χ3v) is 22.5. The quantitative estimate of drug-likeness (QED) is 0.0536. The Morgan fingerprint density at radius 2 is 1.07 bits per heavy atom. The average molecular weight is 1270 g/mol. The van der Waals surface area contributed by atoms with Crippen LogP contribution in [-0.2, 0) is 66.4 Å². The highest BCUT2D eigenvalue weighted by Crippen LogP contribution is 2.71. The zero-order chi connectivity index (χ0) is 63.4. The summed E-state index contributed by atoms with van der Waals surface area (Å²) in [7, 11) is 0. The van der Waals surface area contributed by atoms with Crippen molar-refractivity contribution in [1.29, 1.82) is 0 Å². The summed E-state index contributed by atoms with van der Waals surface area (Å²) in [6.45, 7) is 6.23. The number of esters is 1. The molecule has 7 saturated heterocycles. The topological polar surface area (TPSA) is 461 Å². The maximum Gasteiger partial charge on any atom is 0.303 e. The first-order valence-corrected chi connectivity index (χ1v) is 31.3. The molecule has 0 aromatic rings. The van der Waals surface area contributed by atoms with Gasteiger partial charge in [0.2, 0.25) is 0 Å². The smallest absolute Gasteiger partial charge is 0.303 e. The van der Waals surface area contributed by atoms with Gasteiger partial charge in [-0.2, -0.15) is 0 Å². The van der Waals surface area contributed by atoms with Crippen LogP contribution in [0, 0.1) is 52.3 Å². The van der Waals surface area contributed by atoms with E-state index in [0.717, 1.165) is 45.4 Å². The number of aliphatic hydroxyl groups excluding tert-OH is 16. The minimum absolute atomic E-state index is 0.0140. The normalized spacial score (nSPS) is 56.4. The summed E-state index contributed by atoms with van der Waals surface area (Å²) in [4.78, 5) is 11.8.